The Morgan fingerprint density at radius 2 is 1.00 bits per heavy atom. The van der Waals surface area contributed by atoms with Gasteiger partial charge in [0.15, 0.2) is 0 Å². The summed E-state index contributed by atoms with van der Waals surface area (Å²) in [6.07, 6.45) is 0. The van der Waals surface area contributed by atoms with E-state index in [1.165, 1.54) is 76.6 Å². The molecule has 1 N–H and O–H groups in total. The summed E-state index contributed by atoms with van der Waals surface area (Å²) in [7, 11) is 0. The second-order valence-corrected chi connectivity index (χ2v) is 11.0. The van der Waals surface area contributed by atoms with Crippen molar-refractivity contribution in [2.75, 3.05) is 0 Å². The van der Waals surface area contributed by atoms with Gasteiger partial charge in [-0.15, -0.1) is 0 Å². The molecule has 0 saturated heterocycles. The Morgan fingerprint density at radius 1 is 0.405 bits per heavy atom. The van der Waals surface area contributed by atoms with Gasteiger partial charge >= 0.3 is 0 Å². The van der Waals surface area contributed by atoms with Crippen LogP contribution in [0.5, 0.6) is 0 Å². The van der Waals surface area contributed by atoms with E-state index in [9.17, 15) is 0 Å². The number of nitrogens with zero attached hydrogens (tertiary/aromatic N) is 1. The molecule has 0 atom stereocenters. The van der Waals surface area contributed by atoms with Gasteiger partial charge < -0.3 is 9.55 Å². The molecule has 0 amide bonds. The highest BCUT2D eigenvalue weighted by Gasteiger charge is 2.21. The molecule has 196 valence electrons. The van der Waals surface area contributed by atoms with Gasteiger partial charge in [-0.25, -0.2) is 0 Å². The van der Waals surface area contributed by atoms with E-state index in [0.717, 1.165) is 5.69 Å². The molecule has 0 radical (unpaired) electrons. The Labute approximate surface area is 243 Å². The standard InChI is InChI=1S/C40H26N2/c1-2-11-26(12-3-1)27-21-23-28(24-22-27)29-13-10-14-30(25-29)42-36-20-9-7-18-34(36)38-37-33-17-6-8-19-35(33)41-39(37)31-15-4-5-16-32(31)40(38)42/h1-25,41H. The van der Waals surface area contributed by atoms with E-state index in [-0.39, 0.29) is 0 Å². The third kappa shape index (κ3) is 3.33. The largest absolute Gasteiger partial charge is 0.354 e. The highest BCUT2D eigenvalue weighted by molar-refractivity contribution is 6.36. The van der Waals surface area contributed by atoms with Crippen molar-refractivity contribution in [3.63, 3.8) is 0 Å². The van der Waals surface area contributed by atoms with Crippen molar-refractivity contribution >= 4 is 54.4 Å². The molecule has 2 heterocycles. The summed E-state index contributed by atoms with van der Waals surface area (Å²) < 4.78 is 2.47. The maximum absolute atomic E-state index is 3.76. The van der Waals surface area contributed by atoms with E-state index in [0.29, 0.717) is 0 Å². The van der Waals surface area contributed by atoms with Crippen molar-refractivity contribution in [2.45, 2.75) is 0 Å². The number of hydrogen-bond donors (Lipinski definition) is 1. The predicted molar refractivity (Wildman–Crippen MR) is 179 cm³/mol. The van der Waals surface area contributed by atoms with Crippen LogP contribution in [0.1, 0.15) is 0 Å². The van der Waals surface area contributed by atoms with Gasteiger partial charge in [-0.1, -0.05) is 127 Å². The van der Waals surface area contributed by atoms with Gasteiger partial charge in [0.1, 0.15) is 0 Å². The molecule has 2 aromatic heterocycles. The summed E-state index contributed by atoms with van der Waals surface area (Å²) in [6, 6.07) is 54.8. The molecule has 0 aliphatic carbocycles. The van der Waals surface area contributed by atoms with Gasteiger partial charge in [-0.3, -0.25) is 0 Å². The van der Waals surface area contributed by atoms with E-state index >= 15 is 0 Å². The van der Waals surface area contributed by atoms with Crippen molar-refractivity contribution in [2.24, 2.45) is 0 Å². The average Bonchev–Trinajstić information content (AvgIpc) is 3.62. The Hall–Kier alpha value is -5.60. The lowest BCUT2D eigenvalue weighted by molar-refractivity contribution is 1.19. The Bertz CT molecular complexity index is 2440. The first kappa shape index (κ1) is 23.1. The fraction of sp³-hybridized carbons (Fsp3) is 0. The van der Waals surface area contributed by atoms with Gasteiger partial charge in [-0.05, 0) is 46.5 Å². The molecule has 42 heavy (non-hydrogen) atoms. The molecule has 0 aliphatic rings. The zero-order valence-corrected chi connectivity index (χ0v) is 22.9. The Morgan fingerprint density at radius 3 is 1.81 bits per heavy atom. The number of benzene rings is 7. The SMILES string of the molecule is c1ccc(-c2ccc(-c3cccc(-n4c5ccccc5c5c6c7ccccc7[nH]c6c6ccccc6c54)c3)cc2)cc1. The lowest BCUT2D eigenvalue weighted by Gasteiger charge is -2.13. The van der Waals surface area contributed by atoms with Crippen LogP contribution >= 0.6 is 0 Å². The quantitative estimate of drug-likeness (QED) is 0.233. The predicted octanol–water partition coefficient (Wildman–Crippen LogP) is 10.9. The van der Waals surface area contributed by atoms with Crippen molar-refractivity contribution in [1.82, 2.24) is 9.55 Å². The highest BCUT2D eigenvalue weighted by atomic mass is 15.0. The van der Waals surface area contributed by atoms with Gasteiger partial charge in [0.25, 0.3) is 0 Å². The minimum atomic E-state index is 1.16. The third-order valence-corrected chi connectivity index (χ3v) is 8.71. The van der Waals surface area contributed by atoms with Gasteiger partial charge in [0.2, 0.25) is 0 Å². The highest BCUT2D eigenvalue weighted by Crippen LogP contribution is 2.44. The fourth-order valence-electron chi connectivity index (χ4n) is 6.84. The van der Waals surface area contributed by atoms with Crippen LogP contribution in [0.3, 0.4) is 0 Å². The molecule has 0 aliphatic heterocycles. The van der Waals surface area contributed by atoms with Gasteiger partial charge in [0.05, 0.1) is 16.6 Å². The molecule has 0 unspecified atom stereocenters. The van der Waals surface area contributed by atoms with E-state index in [1.807, 2.05) is 0 Å². The summed E-state index contributed by atoms with van der Waals surface area (Å²) >= 11 is 0. The van der Waals surface area contributed by atoms with Crippen molar-refractivity contribution in [1.29, 1.82) is 0 Å². The topological polar surface area (TPSA) is 20.7 Å². The van der Waals surface area contributed by atoms with Crippen LogP contribution in [0.2, 0.25) is 0 Å². The van der Waals surface area contributed by atoms with Crippen LogP contribution in [0.4, 0.5) is 0 Å². The molecule has 0 bridgehead atoms. The summed E-state index contributed by atoms with van der Waals surface area (Å²) in [5.41, 5.74) is 10.9. The molecular formula is C40H26N2. The fourth-order valence-corrected chi connectivity index (χ4v) is 6.84. The van der Waals surface area contributed by atoms with Crippen LogP contribution < -0.4 is 0 Å². The summed E-state index contributed by atoms with van der Waals surface area (Å²) in [5, 5.41) is 7.62. The first-order valence-electron chi connectivity index (χ1n) is 14.5. The summed E-state index contributed by atoms with van der Waals surface area (Å²) in [4.78, 5) is 3.76. The van der Waals surface area contributed by atoms with Gasteiger partial charge in [0, 0.05) is 43.5 Å². The van der Waals surface area contributed by atoms with E-state index < -0.39 is 0 Å². The van der Waals surface area contributed by atoms with E-state index in [2.05, 4.69) is 161 Å². The second kappa shape index (κ2) is 8.95. The smallest absolute Gasteiger partial charge is 0.0627 e. The zero-order chi connectivity index (χ0) is 27.6. The van der Waals surface area contributed by atoms with Crippen molar-refractivity contribution < 1.29 is 0 Å². The summed E-state index contributed by atoms with van der Waals surface area (Å²) in [6.45, 7) is 0. The molecule has 9 aromatic rings. The second-order valence-electron chi connectivity index (χ2n) is 11.0. The first-order chi connectivity index (χ1) is 20.8. The number of nitrogens with one attached hydrogen (secondary N) is 1. The van der Waals surface area contributed by atoms with Crippen molar-refractivity contribution in [3.8, 4) is 27.9 Å². The van der Waals surface area contributed by atoms with Crippen LogP contribution in [0.25, 0.3) is 82.3 Å². The lowest BCUT2D eigenvalue weighted by Crippen LogP contribution is -1.95. The number of aromatic amines is 1. The van der Waals surface area contributed by atoms with Crippen LogP contribution in [-0.2, 0) is 0 Å². The number of para-hydroxylation sites is 2. The lowest BCUT2D eigenvalue weighted by atomic mass is 9.99. The number of hydrogen-bond acceptors (Lipinski definition) is 0. The van der Waals surface area contributed by atoms with Crippen LogP contribution in [-0.4, -0.2) is 9.55 Å². The summed E-state index contributed by atoms with van der Waals surface area (Å²) in [5.74, 6) is 0. The number of rotatable bonds is 3. The molecule has 9 rings (SSSR count). The minimum absolute atomic E-state index is 1.16. The molecule has 0 fully saturated rings. The molecular weight excluding hydrogens is 508 g/mol. The normalized spacial score (nSPS) is 11.8. The Balaban J connectivity index is 1.34. The van der Waals surface area contributed by atoms with Crippen molar-refractivity contribution in [3.05, 3.63) is 152 Å². The minimum Gasteiger partial charge on any atom is -0.354 e. The maximum Gasteiger partial charge on any atom is 0.0627 e. The first-order valence-corrected chi connectivity index (χ1v) is 14.5. The molecule has 2 nitrogen and oxygen atoms in total. The average molecular weight is 535 g/mol. The maximum atomic E-state index is 3.76. The van der Waals surface area contributed by atoms with Crippen LogP contribution in [0, 0.1) is 0 Å². The van der Waals surface area contributed by atoms with E-state index in [1.54, 1.807) is 0 Å². The third-order valence-electron chi connectivity index (χ3n) is 8.71. The number of aromatic nitrogens is 2. The van der Waals surface area contributed by atoms with E-state index in [4.69, 9.17) is 0 Å². The number of H-pyrrole nitrogens is 1. The zero-order valence-electron chi connectivity index (χ0n) is 22.9. The molecule has 0 spiro atoms. The van der Waals surface area contributed by atoms with Gasteiger partial charge in [-0.2, -0.15) is 0 Å². The Kier molecular flexibility index (Phi) is 4.93. The van der Waals surface area contributed by atoms with Crippen LogP contribution in [0.15, 0.2) is 152 Å². The molecule has 2 heteroatoms. The molecule has 0 saturated carbocycles. The number of fused-ring (bicyclic) bond motifs is 10. The molecule has 7 aromatic carbocycles. The monoisotopic (exact) mass is 534 g/mol.